The molecule has 0 radical (unpaired) electrons. The zero-order valence-electron chi connectivity index (χ0n) is 16.4. The molecule has 29 heavy (non-hydrogen) atoms. The lowest BCUT2D eigenvalue weighted by Gasteiger charge is -2.13. The van der Waals surface area contributed by atoms with Crippen LogP contribution in [0, 0.1) is 0 Å². The van der Waals surface area contributed by atoms with Crippen molar-refractivity contribution in [3.63, 3.8) is 0 Å². The molecule has 5 nitrogen and oxygen atoms in total. The molecule has 1 heterocycles. The molecule has 1 unspecified atom stereocenters. The molecule has 0 spiro atoms. The van der Waals surface area contributed by atoms with E-state index in [1.54, 1.807) is 18.7 Å². The maximum Gasteiger partial charge on any atom is 0.266 e. The fraction of sp³-hybridized carbons (Fsp3) is 0.227. The molecule has 1 N–H and O–H groups in total. The average molecular weight is 426 g/mol. The van der Waals surface area contributed by atoms with Crippen molar-refractivity contribution in [1.29, 1.82) is 0 Å². The molecule has 0 fully saturated rings. The van der Waals surface area contributed by atoms with Gasteiger partial charge in [0.15, 0.2) is 10.4 Å². The number of aromatic nitrogens is 2. The van der Waals surface area contributed by atoms with Crippen molar-refractivity contribution in [3.8, 4) is 5.75 Å². The van der Waals surface area contributed by atoms with Gasteiger partial charge in [0.25, 0.3) is 5.91 Å². The molecule has 3 rings (SSSR count). The highest BCUT2D eigenvalue weighted by atomic mass is 32.2. The number of rotatable bonds is 9. The molecule has 0 aliphatic carbocycles. The van der Waals surface area contributed by atoms with E-state index in [1.165, 1.54) is 16.9 Å². The van der Waals surface area contributed by atoms with Crippen LogP contribution in [0.5, 0.6) is 5.75 Å². The standard InChI is InChI=1S/C22H23N3O2S2/c1-3-17-11-13-19(14-12-17)27-16(2)20(26)23-21-24-25-22(29-21)28-15-7-10-18-8-5-4-6-9-18/h4-14,16H,3,15H2,1-2H3,(H,23,24,26)/b10-7+. The first kappa shape index (κ1) is 21.1. The highest BCUT2D eigenvalue weighted by Gasteiger charge is 2.17. The molecule has 150 valence electrons. The van der Waals surface area contributed by atoms with Gasteiger partial charge in [-0.05, 0) is 36.6 Å². The van der Waals surface area contributed by atoms with Crippen molar-refractivity contribution in [3.05, 3.63) is 71.8 Å². The summed E-state index contributed by atoms with van der Waals surface area (Å²) in [5, 5.41) is 11.4. The number of hydrogen-bond donors (Lipinski definition) is 1. The molecule has 2 aromatic carbocycles. The zero-order valence-corrected chi connectivity index (χ0v) is 18.0. The maximum absolute atomic E-state index is 12.4. The fourth-order valence-corrected chi connectivity index (χ4v) is 4.05. The van der Waals surface area contributed by atoms with Gasteiger partial charge in [0.1, 0.15) is 5.75 Å². The Kier molecular flexibility index (Phi) is 7.84. The monoisotopic (exact) mass is 425 g/mol. The predicted molar refractivity (Wildman–Crippen MR) is 121 cm³/mol. The van der Waals surface area contributed by atoms with E-state index in [4.69, 9.17) is 4.74 Å². The second kappa shape index (κ2) is 10.8. The van der Waals surface area contributed by atoms with Gasteiger partial charge in [-0.1, -0.05) is 84.6 Å². The number of amides is 1. The Bertz CT molecular complexity index is 940. The lowest BCUT2D eigenvalue weighted by Crippen LogP contribution is -2.30. The third-order valence-corrected chi connectivity index (χ3v) is 5.99. The largest absolute Gasteiger partial charge is 0.481 e. The molecular weight excluding hydrogens is 402 g/mol. The van der Waals surface area contributed by atoms with Gasteiger partial charge >= 0.3 is 0 Å². The zero-order chi connectivity index (χ0) is 20.5. The highest BCUT2D eigenvalue weighted by molar-refractivity contribution is 8.01. The summed E-state index contributed by atoms with van der Waals surface area (Å²) in [6, 6.07) is 17.9. The topological polar surface area (TPSA) is 64.1 Å². The number of hydrogen-bond acceptors (Lipinski definition) is 6. The third-order valence-electron chi connectivity index (χ3n) is 4.06. The molecule has 3 aromatic rings. The summed E-state index contributed by atoms with van der Waals surface area (Å²) in [6.45, 7) is 3.81. The van der Waals surface area contributed by atoms with Crippen molar-refractivity contribution in [2.24, 2.45) is 0 Å². The second-order valence-electron chi connectivity index (χ2n) is 6.24. The molecule has 1 amide bonds. The Labute approximate surface area is 179 Å². The number of ether oxygens (including phenoxy) is 1. The van der Waals surface area contributed by atoms with Crippen molar-refractivity contribution >= 4 is 40.2 Å². The Morgan fingerprint density at radius 2 is 1.93 bits per heavy atom. The molecule has 0 saturated carbocycles. The van der Waals surface area contributed by atoms with Crippen molar-refractivity contribution in [2.45, 2.75) is 30.7 Å². The van der Waals surface area contributed by atoms with Gasteiger partial charge in [0, 0.05) is 5.75 Å². The first-order chi connectivity index (χ1) is 14.1. The molecule has 7 heteroatoms. The van der Waals surface area contributed by atoms with Gasteiger partial charge in [-0.25, -0.2) is 0 Å². The average Bonchev–Trinajstić information content (AvgIpc) is 3.19. The summed E-state index contributed by atoms with van der Waals surface area (Å²) < 4.78 is 6.51. The van der Waals surface area contributed by atoms with Crippen LogP contribution in [0.1, 0.15) is 25.0 Å². The summed E-state index contributed by atoms with van der Waals surface area (Å²) in [5.74, 6) is 1.20. The van der Waals surface area contributed by atoms with E-state index in [0.29, 0.717) is 10.9 Å². The highest BCUT2D eigenvalue weighted by Crippen LogP contribution is 2.26. The molecule has 0 bridgehead atoms. The van der Waals surface area contributed by atoms with Gasteiger partial charge in [0.2, 0.25) is 5.13 Å². The van der Waals surface area contributed by atoms with E-state index < -0.39 is 6.10 Å². The number of anilines is 1. The predicted octanol–water partition coefficient (Wildman–Crippen LogP) is 5.31. The Morgan fingerprint density at radius 1 is 1.17 bits per heavy atom. The summed E-state index contributed by atoms with van der Waals surface area (Å²) >= 11 is 2.93. The van der Waals surface area contributed by atoms with Crippen LogP contribution in [0.3, 0.4) is 0 Å². The van der Waals surface area contributed by atoms with E-state index >= 15 is 0 Å². The molecule has 0 aliphatic rings. The Hall–Kier alpha value is -2.64. The normalized spacial score (nSPS) is 12.1. The second-order valence-corrected chi connectivity index (χ2v) is 8.49. The summed E-state index contributed by atoms with van der Waals surface area (Å²) in [4.78, 5) is 12.4. The Morgan fingerprint density at radius 3 is 2.66 bits per heavy atom. The fourth-order valence-electron chi connectivity index (χ4n) is 2.45. The van der Waals surface area contributed by atoms with E-state index in [0.717, 1.165) is 22.1 Å². The number of thioether (sulfide) groups is 1. The van der Waals surface area contributed by atoms with Crippen LogP contribution >= 0.6 is 23.1 Å². The Balaban J connectivity index is 1.45. The first-order valence-corrected chi connectivity index (χ1v) is 11.2. The van der Waals surface area contributed by atoms with Gasteiger partial charge in [-0.3, -0.25) is 10.1 Å². The van der Waals surface area contributed by atoms with E-state index in [9.17, 15) is 4.79 Å². The summed E-state index contributed by atoms with van der Waals surface area (Å²) in [6.07, 6.45) is 4.49. The minimum absolute atomic E-state index is 0.249. The van der Waals surface area contributed by atoms with Gasteiger partial charge in [0.05, 0.1) is 0 Å². The van der Waals surface area contributed by atoms with E-state index in [1.807, 2.05) is 42.5 Å². The van der Waals surface area contributed by atoms with Crippen LogP contribution in [0.4, 0.5) is 5.13 Å². The lowest BCUT2D eigenvalue weighted by molar-refractivity contribution is -0.122. The van der Waals surface area contributed by atoms with Crippen LogP contribution in [0.2, 0.25) is 0 Å². The van der Waals surface area contributed by atoms with E-state index in [-0.39, 0.29) is 5.91 Å². The summed E-state index contributed by atoms with van der Waals surface area (Å²) in [5.41, 5.74) is 2.39. The van der Waals surface area contributed by atoms with Crippen LogP contribution in [0.15, 0.2) is 65.0 Å². The van der Waals surface area contributed by atoms with Crippen molar-refractivity contribution < 1.29 is 9.53 Å². The van der Waals surface area contributed by atoms with Crippen LogP contribution in [-0.4, -0.2) is 28.0 Å². The number of benzene rings is 2. The molecule has 1 aromatic heterocycles. The summed E-state index contributed by atoms with van der Waals surface area (Å²) in [7, 11) is 0. The van der Waals surface area contributed by atoms with Gasteiger partial charge in [-0.2, -0.15) is 0 Å². The maximum atomic E-state index is 12.4. The van der Waals surface area contributed by atoms with Gasteiger partial charge in [-0.15, -0.1) is 10.2 Å². The van der Waals surface area contributed by atoms with Gasteiger partial charge < -0.3 is 4.74 Å². The minimum Gasteiger partial charge on any atom is -0.481 e. The number of nitrogens with one attached hydrogen (secondary N) is 1. The minimum atomic E-state index is -0.628. The number of aryl methyl sites for hydroxylation is 1. The number of nitrogens with zero attached hydrogens (tertiary/aromatic N) is 2. The SMILES string of the molecule is CCc1ccc(OC(C)C(=O)Nc2nnc(SC/C=C/c3ccccc3)s2)cc1. The quantitative estimate of drug-likeness (QED) is 0.372. The molecular formula is C22H23N3O2S2. The van der Waals surface area contributed by atoms with Crippen LogP contribution in [0.25, 0.3) is 6.08 Å². The number of carbonyl (C=O) groups excluding carboxylic acids is 1. The number of carbonyl (C=O) groups is 1. The van der Waals surface area contributed by atoms with Crippen molar-refractivity contribution in [2.75, 3.05) is 11.1 Å². The molecule has 0 saturated heterocycles. The van der Waals surface area contributed by atoms with Crippen LogP contribution in [-0.2, 0) is 11.2 Å². The van der Waals surface area contributed by atoms with Crippen LogP contribution < -0.4 is 10.1 Å². The molecule has 0 aliphatic heterocycles. The lowest BCUT2D eigenvalue weighted by atomic mass is 10.2. The molecule has 1 atom stereocenters. The van der Waals surface area contributed by atoms with Crippen molar-refractivity contribution in [1.82, 2.24) is 10.2 Å². The third kappa shape index (κ3) is 6.73. The van der Waals surface area contributed by atoms with E-state index in [2.05, 4.69) is 46.7 Å². The smallest absolute Gasteiger partial charge is 0.266 e. The first-order valence-electron chi connectivity index (χ1n) is 9.38.